The van der Waals surface area contributed by atoms with Crippen LogP contribution < -0.4 is 5.32 Å². The van der Waals surface area contributed by atoms with Gasteiger partial charge in [0.15, 0.2) is 0 Å². The van der Waals surface area contributed by atoms with Crippen molar-refractivity contribution in [3.63, 3.8) is 0 Å². The second-order valence-electron chi connectivity index (χ2n) is 7.87. The Labute approximate surface area is 122 Å². The summed E-state index contributed by atoms with van der Waals surface area (Å²) in [5.74, 6) is 5.20. The summed E-state index contributed by atoms with van der Waals surface area (Å²) in [5.41, 5.74) is 1.93. The topological polar surface area (TPSA) is 25.2 Å². The van der Waals surface area contributed by atoms with Crippen molar-refractivity contribution >= 4 is 0 Å². The average Bonchev–Trinajstić information content (AvgIpc) is 2.67. The lowest BCUT2D eigenvalue weighted by atomic mass is 9.47. The molecule has 1 heterocycles. The molecule has 4 aliphatic carbocycles. The highest BCUT2D eigenvalue weighted by Gasteiger charge is 2.54. The van der Waals surface area contributed by atoms with Gasteiger partial charge in [-0.05, 0) is 88.7 Å². The van der Waals surface area contributed by atoms with Crippen LogP contribution >= 0.6 is 0 Å². The van der Waals surface area contributed by atoms with Crippen molar-refractivity contribution in [2.24, 2.45) is 23.2 Å². The molecule has 1 atom stereocenters. The number of nitrogens with one attached hydrogen (secondary N) is 1. The zero-order chi connectivity index (χ0) is 13.9. The van der Waals surface area contributed by atoms with E-state index >= 15 is 0 Å². The van der Waals surface area contributed by atoms with E-state index in [-0.39, 0.29) is 0 Å². The molecule has 0 spiro atoms. The molecule has 1 aromatic heterocycles. The summed E-state index contributed by atoms with van der Waals surface area (Å²) in [5, 5.41) is 3.67. The van der Waals surface area contributed by atoms with Crippen LogP contribution in [0.15, 0.2) is 10.5 Å². The van der Waals surface area contributed by atoms with Crippen LogP contribution in [0.1, 0.15) is 61.7 Å². The maximum Gasteiger partial charge on any atom is 0.105 e. The Balaban J connectivity index is 1.72. The second kappa shape index (κ2) is 4.37. The Kier molecular flexibility index (Phi) is 2.82. The minimum Gasteiger partial charge on any atom is -0.466 e. The first-order valence-corrected chi connectivity index (χ1v) is 8.34. The van der Waals surface area contributed by atoms with E-state index in [0.717, 1.165) is 29.3 Å². The highest BCUT2D eigenvalue weighted by molar-refractivity contribution is 5.27. The molecular weight excluding hydrogens is 246 g/mol. The summed E-state index contributed by atoms with van der Waals surface area (Å²) < 4.78 is 5.82. The van der Waals surface area contributed by atoms with E-state index in [1.807, 2.05) is 0 Å². The average molecular weight is 273 g/mol. The van der Waals surface area contributed by atoms with Crippen LogP contribution in [0.25, 0.3) is 0 Å². The minimum atomic E-state index is 0.494. The Hall–Kier alpha value is -0.760. The SMILES string of the molecule is CNC(c1cc(C)oc1C)C12CC3CC(CC(C3)C1)C2. The van der Waals surface area contributed by atoms with E-state index in [2.05, 4.69) is 32.3 Å². The maximum absolute atomic E-state index is 5.82. The first-order chi connectivity index (χ1) is 9.59. The van der Waals surface area contributed by atoms with Gasteiger partial charge in [-0.3, -0.25) is 0 Å². The van der Waals surface area contributed by atoms with Crippen LogP contribution in [0.4, 0.5) is 0 Å². The van der Waals surface area contributed by atoms with E-state index in [4.69, 9.17) is 4.42 Å². The molecule has 0 radical (unpaired) electrons. The Morgan fingerprint density at radius 2 is 1.65 bits per heavy atom. The van der Waals surface area contributed by atoms with E-state index in [0.29, 0.717) is 11.5 Å². The first kappa shape index (κ1) is 12.9. The number of furan rings is 1. The molecule has 0 aromatic carbocycles. The Morgan fingerprint density at radius 1 is 1.10 bits per heavy atom. The predicted molar refractivity (Wildman–Crippen MR) is 80.6 cm³/mol. The number of hydrogen-bond acceptors (Lipinski definition) is 2. The molecule has 4 aliphatic rings. The smallest absolute Gasteiger partial charge is 0.105 e. The van der Waals surface area contributed by atoms with Crippen molar-refractivity contribution in [1.29, 1.82) is 0 Å². The summed E-state index contributed by atoms with van der Waals surface area (Å²) in [6.45, 7) is 4.20. The molecule has 0 aliphatic heterocycles. The molecule has 0 saturated heterocycles. The van der Waals surface area contributed by atoms with Crippen LogP contribution in [0, 0.1) is 37.0 Å². The molecule has 110 valence electrons. The quantitative estimate of drug-likeness (QED) is 0.884. The van der Waals surface area contributed by atoms with Gasteiger partial charge in [0.2, 0.25) is 0 Å². The molecule has 2 heteroatoms. The van der Waals surface area contributed by atoms with Crippen molar-refractivity contribution in [3.05, 3.63) is 23.2 Å². The third kappa shape index (κ3) is 1.80. The Morgan fingerprint density at radius 3 is 2.05 bits per heavy atom. The molecule has 1 N–H and O–H groups in total. The van der Waals surface area contributed by atoms with E-state index in [1.54, 1.807) is 0 Å². The monoisotopic (exact) mass is 273 g/mol. The fourth-order valence-electron chi connectivity index (χ4n) is 6.26. The normalized spacial score (nSPS) is 40.2. The number of aryl methyl sites for hydroxylation is 2. The van der Waals surface area contributed by atoms with Gasteiger partial charge in [0.1, 0.15) is 11.5 Å². The van der Waals surface area contributed by atoms with Gasteiger partial charge >= 0.3 is 0 Å². The molecule has 2 nitrogen and oxygen atoms in total. The zero-order valence-electron chi connectivity index (χ0n) is 13.0. The first-order valence-electron chi connectivity index (χ1n) is 8.34. The lowest BCUT2D eigenvalue weighted by molar-refractivity contribution is -0.0738. The second-order valence-corrected chi connectivity index (χ2v) is 7.87. The minimum absolute atomic E-state index is 0.494. The number of rotatable bonds is 3. The zero-order valence-corrected chi connectivity index (χ0v) is 13.0. The third-order valence-electron chi connectivity index (χ3n) is 6.38. The molecule has 4 bridgehead atoms. The maximum atomic E-state index is 5.82. The van der Waals surface area contributed by atoms with Gasteiger partial charge in [0.05, 0.1) is 0 Å². The largest absolute Gasteiger partial charge is 0.466 e. The summed E-state index contributed by atoms with van der Waals surface area (Å²) >= 11 is 0. The predicted octanol–water partition coefficient (Wildman–Crippen LogP) is 4.37. The molecule has 4 saturated carbocycles. The lowest BCUT2D eigenvalue weighted by Crippen LogP contribution is -2.51. The van der Waals surface area contributed by atoms with Crippen LogP contribution in [-0.2, 0) is 0 Å². The standard InChI is InChI=1S/C18H27NO/c1-11-4-16(12(2)20-11)17(19-3)18-8-13-5-14(9-18)7-15(6-13)10-18/h4,13-15,17,19H,5-10H2,1-3H3. The van der Waals surface area contributed by atoms with Crippen molar-refractivity contribution in [1.82, 2.24) is 5.32 Å². The van der Waals surface area contributed by atoms with Crippen LogP contribution in [0.5, 0.6) is 0 Å². The van der Waals surface area contributed by atoms with Crippen LogP contribution in [0.2, 0.25) is 0 Å². The van der Waals surface area contributed by atoms with Gasteiger partial charge in [-0.2, -0.15) is 0 Å². The molecular formula is C18H27NO. The van der Waals surface area contributed by atoms with Gasteiger partial charge in [-0.15, -0.1) is 0 Å². The van der Waals surface area contributed by atoms with Crippen LogP contribution in [0.3, 0.4) is 0 Å². The fraction of sp³-hybridized carbons (Fsp3) is 0.778. The highest BCUT2D eigenvalue weighted by Crippen LogP contribution is 2.64. The fourth-order valence-corrected chi connectivity index (χ4v) is 6.26. The molecule has 4 fully saturated rings. The van der Waals surface area contributed by atoms with Crippen molar-refractivity contribution in [3.8, 4) is 0 Å². The van der Waals surface area contributed by atoms with Crippen molar-refractivity contribution in [2.75, 3.05) is 7.05 Å². The molecule has 5 rings (SSSR count). The van der Waals surface area contributed by atoms with Gasteiger partial charge in [-0.25, -0.2) is 0 Å². The van der Waals surface area contributed by atoms with Crippen LogP contribution in [-0.4, -0.2) is 7.05 Å². The van der Waals surface area contributed by atoms with Gasteiger partial charge in [0, 0.05) is 11.6 Å². The summed E-state index contributed by atoms with van der Waals surface area (Å²) in [6, 6.07) is 2.77. The summed E-state index contributed by atoms with van der Waals surface area (Å²) in [7, 11) is 2.14. The van der Waals surface area contributed by atoms with E-state index in [1.165, 1.54) is 44.1 Å². The Bertz CT molecular complexity index is 480. The van der Waals surface area contributed by atoms with Crippen molar-refractivity contribution < 1.29 is 4.42 Å². The van der Waals surface area contributed by atoms with Crippen molar-refractivity contribution in [2.45, 2.75) is 58.4 Å². The van der Waals surface area contributed by atoms with E-state index in [9.17, 15) is 0 Å². The van der Waals surface area contributed by atoms with Gasteiger partial charge < -0.3 is 9.73 Å². The molecule has 1 aromatic rings. The summed E-state index contributed by atoms with van der Waals surface area (Å²) in [6.07, 6.45) is 8.85. The molecule has 20 heavy (non-hydrogen) atoms. The van der Waals surface area contributed by atoms with Gasteiger partial charge in [-0.1, -0.05) is 0 Å². The number of hydrogen-bond donors (Lipinski definition) is 1. The van der Waals surface area contributed by atoms with Gasteiger partial charge in [0.25, 0.3) is 0 Å². The summed E-state index contributed by atoms with van der Waals surface area (Å²) in [4.78, 5) is 0. The molecule has 0 amide bonds. The molecule has 1 unspecified atom stereocenters. The lowest BCUT2D eigenvalue weighted by Gasteiger charge is -2.59. The van der Waals surface area contributed by atoms with E-state index < -0.39 is 0 Å². The highest BCUT2D eigenvalue weighted by atomic mass is 16.3. The third-order valence-corrected chi connectivity index (χ3v) is 6.38.